The monoisotopic (exact) mass is 206 g/mol. The van der Waals surface area contributed by atoms with Gasteiger partial charge >= 0.3 is 0 Å². The molecular formula is C12H15FN2. The predicted molar refractivity (Wildman–Crippen MR) is 59.5 cm³/mol. The third-order valence-corrected chi connectivity index (χ3v) is 2.57. The van der Waals surface area contributed by atoms with Crippen LogP contribution in [0.2, 0.25) is 0 Å². The molecule has 2 rings (SSSR count). The standard InChI is InChI=1S/C12H15FN2/c1-4-11-10-6-5-9(13)7-12(10)15(14-11)8(2)3/h5-8H,4H2,1-3H3. The Labute approximate surface area is 88.7 Å². The second-order valence-corrected chi connectivity index (χ2v) is 4.00. The van der Waals surface area contributed by atoms with Gasteiger partial charge in [0.05, 0.1) is 11.2 Å². The lowest BCUT2D eigenvalue weighted by atomic mass is 10.2. The van der Waals surface area contributed by atoms with E-state index in [2.05, 4.69) is 25.9 Å². The number of nitrogens with zero attached hydrogens (tertiary/aromatic N) is 2. The van der Waals surface area contributed by atoms with Crippen molar-refractivity contribution in [2.75, 3.05) is 0 Å². The highest BCUT2D eigenvalue weighted by atomic mass is 19.1. The van der Waals surface area contributed by atoms with Crippen LogP contribution in [0.15, 0.2) is 18.2 Å². The second-order valence-electron chi connectivity index (χ2n) is 4.00. The van der Waals surface area contributed by atoms with Crippen LogP contribution >= 0.6 is 0 Å². The summed E-state index contributed by atoms with van der Waals surface area (Å²) in [6.07, 6.45) is 0.877. The minimum Gasteiger partial charge on any atom is -0.262 e. The number of halogens is 1. The number of rotatable bonds is 2. The zero-order chi connectivity index (χ0) is 11.0. The Bertz CT molecular complexity index is 486. The molecule has 1 aromatic carbocycles. The minimum atomic E-state index is -0.202. The lowest BCUT2D eigenvalue weighted by Gasteiger charge is -2.06. The van der Waals surface area contributed by atoms with Gasteiger partial charge < -0.3 is 0 Å². The number of aryl methyl sites for hydroxylation is 1. The first kappa shape index (κ1) is 10.1. The first-order valence-corrected chi connectivity index (χ1v) is 5.30. The lowest BCUT2D eigenvalue weighted by Crippen LogP contribution is -2.02. The van der Waals surface area contributed by atoms with E-state index in [1.165, 1.54) is 6.07 Å². The minimum absolute atomic E-state index is 0.202. The fourth-order valence-electron chi connectivity index (χ4n) is 1.83. The number of aromatic nitrogens is 2. The van der Waals surface area contributed by atoms with Crippen molar-refractivity contribution in [3.8, 4) is 0 Å². The summed E-state index contributed by atoms with van der Waals surface area (Å²) in [4.78, 5) is 0. The maximum absolute atomic E-state index is 13.2. The van der Waals surface area contributed by atoms with Crippen molar-refractivity contribution in [2.24, 2.45) is 0 Å². The quantitative estimate of drug-likeness (QED) is 0.737. The maximum atomic E-state index is 13.2. The van der Waals surface area contributed by atoms with Crippen LogP contribution in [0.25, 0.3) is 10.9 Å². The summed E-state index contributed by atoms with van der Waals surface area (Å²) in [5.41, 5.74) is 1.93. The zero-order valence-corrected chi connectivity index (χ0v) is 9.29. The van der Waals surface area contributed by atoms with Crippen molar-refractivity contribution in [3.05, 3.63) is 29.7 Å². The number of benzene rings is 1. The topological polar surface area (TPSA) is 17.8 Å². The molecular weight excluding hydrogens is 191 g/mol. The normalized spacial score (nSPS) is 11.5. The highest BCUT2D eigenvalue weighted by molar-refractivity contribution is 5.82. The molecule has 0 aliphatic carbocycles. The molecule has 1 aromatic heterocycles. The summed E-state index contributed by atoms with van der Waals surface area (Å²) in [5.74, 6) is -0.202. The smallest absolute Gasteiger partial charge is 0.125 e. The van der Waals surface area contributed by atoms with Gasteiger partial charge in [-0.05, 0) is 38.5 Å². The van der Waals surface area contributed by atoms with Crippen LogP contribution in [0.3, 0.4) is 0 Å². The molecule has 0 spiro atoms. The van der Waals surface area contributed by atoms with Gasteiger partial charge in [-0.15, -0.1) is 0 Å². The average molecular weight is 206 g/mol. The van der Waals surface area contributed by atoms with Gasteiger partial charge in [-0.3, -0.25) is 4.68 Å². The van der Waals surface area contributed by atoms with Gasteiger partial charge in [-0.1, -0.05) is 6.92 Å². The summed E-state index contributed by atoms with van der Waals surface area (Å²) in [5, 5.41) is 5.56. The Morgan fingerprint density at radius 1 is 1.40 bits per heavy atom. The van der Waals surface area contributed by atoms with E-state index >= 15 is 0 Å². The Balaban J connectivity index is 2.76. The number of hydrogen-bond acceptors (Lipinski definition) is 1. The molecule has 2 aromatic rings. The van der Waals surface area contributed by atoms with Crippen LogP contribution < -0.4 is 0 Å². The second kappa shape index (κ2) is 3.65. The largest absolute Gasteiger partial charge is 0.262 e. The van der Waals surface area contributed by atoms with Crippen molar-refractivity contribution in [3.63, 3.8) is 0 Å². The van der Waals surface area contributed by atoms with Crippen molar-refractivity contribution < 1.29 is 4.39 Å². The van der Waals surface area contributed by atoms with E-state index in [1.54, 1.807) is 6.07 Å². The molecule has 0 N–H and O–H groups in total. The highest BCUT2D eigenvalue weighted by Crippen LogP contribution is 2.22. The van der Waals surface area contributed by atoms with E-state index < -0.39 is 0 Å². The van der Waals surface area contributed by atoms with Crippen LogP contribution in [0.1, 0.15) is 32.5 Å². The first-order chi connectivity index (χ1) is 7.13. The van der Waals surface area contributed by atoms with Gasteiger partial charge in [-0.2, -0.15) is 5.10 Å². The number of hydrogen-bond donors (Lipinski definition) is 0. The maximum Gasteiger partial charge on any atom is 0.125 e. The lowest BCUT2D eigenvalue weighted by molar-refractivity contribution is 0.542. The Morgan fingerprint density at radius 3 is 2.73 bits per heavy atom. The van der Waals surface area contributed by atoms with Gasteiger partial charge in [0.25, 0.3) is 0 Å². The zero-order valence-electron chi connectivity index (χ0n) is 9.29. The van der Waals surface area contributed by atoms with E-state index in [1.807, 2.05) is 10.7 Å². The summed E-state index contributed by atoms with van der Waals surface area (Å²) in [6.45, 7) is 6.17. The Hall–Kier alpha value is -1.38. The highest BCUT2D eigenvalue weighted by Gasteiger charge is 2.11. The fourth-order valence-corrected chi connectivity index (χ4v) is 1.83. The molecule has 0 unspecified atom stereocenters. The van der Waals surface area contributed by atoms with Crippen LogP contribution in [0.4, 0.5) is 4.39 Å². The molecule has 2 nitrogen and oxygen atoms in total. The van der Waals surface area contributed by atoms with Gasteiger partial charge in [0.15, 0.2) is 0 Å². The van der Waals surface area contributed by atoms with Gasteiger partial charge in [0.1, 0.15) is 5.82 Å². The van der Waals surface area contributed by atoms with Crippen molar-refractivity contribution in [1.82, 2.24) is 9.78 Å². The fraction of sp³-hybridized carbons (Fsp3) is 0.417. The van der Waals surface area contributed by atoms with Gasteiger partial charge in [-0.25, -0.2) is 4.39 Å². The van der Waals surface area contributed by atoms with E-state index in [4.69, 9.17) is 0 Å². The third kappa shape index (κ3) is 1.62. The van der Waals surface area contributed by atoms with E-state index in [-0.39, 0.29) is 11.9 Å². The van der Waals surface area contributed by atoms with Crippen molar-refractivity contribution in [2.45, 2.75) is 33.2 Å². The summed E-state index contributed by atoms with van der Waals surface area (Å²) < 4.78 is 15.0. The molecule has 0 bridgehead atoms. The summed E-state index contributed by atoms with van der Waals surface area (Å²) >= 11 is 0. The molecule has 15 heavy (non-hydrogen) atoms. The predicted octanol–water partition coefficient (Wildman–Crippen LogP) is 3.32. The van der Waals surface area contributed by atoms with E-state index in [0.717, 1.165) is 23.0 Å². The molecule has 0 saturated carbocycles. The Morgan fingerprint density at radius 2 is 2.13 bits per heavy atom. The van der Waals surface area contributed by atoms with Crippen LogP contribution in [-0.4, -0.2) is 9.78 Å². The van der Waals surface area contributed by atoms with E-state index in [0.29, 0.717) is 0 Å². The SMILES string of the molecule is CCc1nn(C(C)C)c2cc(F)ccc12. The number of fused-ring (bicyclic) bond motifs is 1. The van der Waals surface area contributed by atoms with E-state index in [9.17, 15) is 4.39 Å². The van der Waals surface area contributed by atoms with Crippen molar-refractivity contribution in [1.29, 1.82) is 0 Å². The molecule has 0 aliphatic heterocycles. The van der Waals surface area contributed by atoms with Crippen LogP contribution in [0, 0.1) is 5.82 Å². The Kier molecular flexibility index (Phi) is 2.47. The molecule has 0 amide bonds. The first-order valence-electron chi connectivity index (χ1n) is 5.30. The molecule has 0 aliphatic rings. The van der Waals surface area contributed by atoms with Crippen LogP contribution in [0.5, 0.6) is 0 Å². The van der Waals surface area contributed by atoms with Crippen LogP contribution in [-0.2, 0) is 6.42 Å². The molecule has 3 heteroatoms. The molecule has 80 valence electrons. The van der Waals surface area contributed by atoms with Gasteiger partial charge in [0.2, 0.25) is 0 Å². The summed E-state index contributed by atoms with van der Waals surface area (Å²) in [7, 11) is 0. The van der Waals surface area contributed by atoms with Crippen molar-refractivity contribution >= 4 is 10.9 Å². The molecule has 0 atom stereocenters. The van der Waals surface area contributed by atoms with Gasteiger partial charge in [0, 0.05) is 11.4 Å². The summed E-state index contributed by atoms with van der Waals surface area (Å²) in [6, 6.07) is 5.12. The molecule has 0 fully saturated rings. The third-order valence-electron chi connectivity index (χ3n) is 2.57. The molecule has 0 saturated heterocycles. The molecule has 1 heterocycles. The average Bonchev–Trinajstić information content (AvgIpc) is 2.55. The molecule has 0 radical (unpaired) electrons.